The first-order valence-electron chi connectivity index (χ1n) is 10.5. The minimum Gasteiger partial charge on any atom is -0.401 e. The van der Waals surface area contributed by atoms with Crippen molar-refractivity contribution in [3.63, 3.8) is 0 Å². The average Bonchev–Trinajstić information content (AvgIpc) is 3.24. The Balaban J connectivity index is 0.000000233. The lowest BCUT2D eigenvalue weighted by Gasteiger charge is -2.21. The van der Waals surface area contributed by atoms with Crippen LogP contribution in [-0.4, -0.2) is 34.0 Å². The number of aldehydes is 1. The fourth-order valence-corrected chi connectivity index (χ4v) is 3.37. The second kappa shape index (κ2) is 11.6. The molecule has 2 amide bonds. The molecule has 0 aliphatic heterocycles. The molecule has 3 rings (SSSR count). The van der Waals surface area contributed by atoms with E-state index in [0.29, 0.717) is 5.56 Å². The van der Waals surface area contributed by atoms with E-state index in [9.17, 15) is 14.4 Å². The number of nitrogens with two attached hydrogens (primary N) is 2. The Morgan fingerprint density at radius 3 is 2.25 bits per heavy atom. The van der Waals surface area contributed by atoms with E-state index in [1.165, 1.54) is 6.92 Å². The highest BCUT2D eigenvalue weighted by molar-refractivity contribution is 6.43. The van der Waals surface area contributed by atoms with Gasteiger partial charge in [0.05, 0.1) is 11.4 Å². The maximum Gasteiger partial charge on any atom is 0.268 e. The Morgan fingerprint density at radius 2 is 1.78 bits per heavy atom. The number of hydrogen-bond acceptors (Lipinski definition) is 6. The predicted octanol–water partition coefficient (Wildman–Crippen LogP) is 2.58. The van der Waals surface area contributed by atoms with Gasteiger partial charge in [-0.3, -0.25) is 24.9 Å². The first-order valence-corrected chi connectivity index (χ1v) is 10.5. The number of aryl methyl sites for hydroxylation is 1. The minimum atomic E-state index is -0.904. The molecular formula is C23H30N6O3. The van der Waals surface area contributed by atoms with E-state index in [2.05, 4.69) is 15.5 Å². The Hall–Kier alpha value is -3.75. The number of nitrogens with one attached hydrogen (secondary N) is 3. The van der Waals surface area contributed by atoms with E-state index in [0.717, 1.165) is 55.3 Å². The number of aromatic amines is 1. The van der Waals surface area contributed by atoms with Gasteiger partial charge >= 0.3 is 0 Å². The van der Waals surface area contributed by atoms with Crippen molar-refractivity contribution < 1.29 is 14.4 Å². The van der Waals surface area contributed by atoms with Gasteiger partial charge in [-0.05, 0) is 32.8 Å². The standard InChI is InChI=1S/C12H20N4O2.C11H10N2O/c1-7(13)10(9(14)11(15)17)16-12(18)8-5-3-2-4-6-8;1-8-6-11(13-12-8)10-4-2-9(7-14)3-5-10/h8,14H,2-6,13H2,1H3,(H2,15,17)(H,16,18);2-7H,1H3,(H,12,13)/b10-7+,14-9?;. The van der Waals surface area contributed by atoms with E-state index in [-0.39, 0.29) is 23.2 Å². The first kappa shape index (κ1) is 24.5. The van der Waals surface area contributed by atoms with E-state index in [1.54, 1.807) is 12.1 Å². The summed E-state index contributed by atoms with van der Waals surface area (Å²) in [4.78, 5) is 33.4. The first-order chi connectivity index (χ1) is 15.2. The summed E-state index contributed by atoms with van der Waals surface area (Å²) in [6.45, 7) is 3.48. The lowest BCUT2D eigenvalue weighted by molar-refractivity contribution is -0.125. The van der Waals surface area contributed by atoms with Gasteiger partial charge in [0.15, 0.2) is 0 Å². The molecule has 32 heavy (non-hydrogen) atoms. The molecule has 1 aromatic carbocycles. The molecule has 1 aromatic heterocycles. The maximum atomic E-state index is 12.0. The lowest BCUT2D eigenvalue weighted by atomic mass is 9.88. The molecule has 1 fully saturated rings. The fraction of sp³-hybridized carbons (Fsp3) is 0.348. The molecule has 2 aromatic rings. The second-order valence-electron chi connectivity index (χ2n) is 7.80. The van der Waals surface area contributed by atoms with Gasteiger partial charge < -0.3 is 16.8 Å². The number of H-pyrrole nitrogens is 1. The molecule has 170 valence electrons. The topological polar surface area (TPSA) is 168 Å². The van der Waals surface area contributed by atoms with Crippen LogP contribution in [0.1, 0.15) is 55.1 Å². The van der Waals surface area contributed by atoms with Crippen LogP contribution in [0.2, 0.25) is 0 Å². The number of carbonyl (C=O) groups excluding carboxylic acids is 3. The summed E-state index contributed by atoms with van der Waals surface area (Å²) in [6.07, 6.45) is 5.73. The predicted molar refractivity (Wildman–Crippen MR) is 123 cm³/mol. The van der Waals surface area contributed by atoms with Crippen molar-refractivity contribution in [2.24, 2.45) is 17.4 Å². The van der Waals surface area contributed by atoms with Crippen molar-refractivity contribution in [3.05, 3.63) is 53.0 Å². The zero-order valence-electron chi connectivity index (χ0n) is 18.4. The number of benzene rings is 1. The maximum absolute atomic E-state index is 12.0. The molecule has 0 bridgehead atoms. The summed E-state index contributed by atoms with van der Waals surface area (Å²) in [5, 5.41) is 17.1. The van der Waals surface area contributed by atoms with Crippen LogP contribution in [0.25, 0.3) is 11.3 Å². The normalized spacial score (nSPS) is 14.4. The van der Waals surface area contributed by atoms with E-state index < -0.39 is 11.6 Å². The van der Waals surface area contributed by atoms with Crippen molar-refractivity contribution in [1.29, 1.82) is 5.41 Å². The van der Waals surface area contributed by atoms with Crippen LogP contribution in [0.3, 0.4) is 0 Å². The van der Waals surface area contributed by atoms with Crippen LogP contribution in [0.4, 0.5) is 0 Å². The number of aromatic nitrogens is 2. The highest BCUT2D eigenvalue weighted by Gasteiger charge is 2.24. The third-order valence-corrected chi connectivity index (χ3v) is 5.16. The van der Waals surface area contributed by atoms with Crippen LogP contribution in [0.5, 0.6) is 0 Å². The molecule has 1 saturated carbocycles. The summed E-state index contributed by atoms with van der Waals surface area (Å²) in [5.41, 5.74) is 14.0. The molecular weight excluding hydrogens is 408 g/mol. The van der Waals surface area contributed by atoms with Gasteiger partial charge in [0.2, 0.25) is 5.91 Å². The van der Waals surface area contributed by atoms with Crippen molar-refractivity contribution in [3.8, 4) is 11.3 Å². The summed E-state index contributed by atoms with van der Waals surface area (Å²) in [7, 11) is 0. The van der Waals surface area contributed by atoms with Crippen molar-refractivity contribution in [2.75, 3.05) is 0 Å². The molecule has 0 radical (unpaired) electrons. The lowest BCUT2D eigenvalue weighted by Crippen LogP contribution is -2.39. The summed E-state index contributed by atoms with van der Waals surface area (Å²) in [6, 6.07) is 9.31. The second-order valence-corrected chi connectivity index (χ2v) is 7.80. The number of carbonyl (C=O) groups is 3. The van der Waals surface area contributed by atoms with Gasteiger partial charge in [-0.2, -0.15) is 5.10 Å². The molecule has 7 N–H and O–H groups in total. The molecule has 0 unspecified atom stereocenters. The van der Waals surface area contributed by atoms with Gasteiger partial charge in [0, 0.05) is 28.4 Å². The zero-order valence-corrected chi connectivity index (χ0v) is 18.4. The fourth-order valence-electron chi connectivity index (χ4n) is 3.37. The largest absolute Gasteiger partial charge is 0.401 e. The van der Waals surface area contributed by atoms with Crippen LogP contribution >= 0.6 is 0 Å². The van der Waals surface area contributed by atoms with Crippen LogP contribution in [-0.2, 0) is 9.59 Å². The number of primary amides is 1. The monoisotopic (exact) mass is 438 g/mol. The van der Waals surface area contributed by atoms with Gasteiger partial charge in [0.1, 0.15) is 12.0 Å². The van der Waals surface area contributed by atoms with Crippen molar-refractivity contribution >= 4 is 23.8 Å². The van der Waals surface area contributed by atoms with Crippen molar-refractivity contribution in [1.82, 2.24) is 15.5 Å². The summed E-state index contributed by atoms with van der Waals surface area (Å²) in [5.74, 6) is -1.15. The highest BCUT2D eigenvalue weighted by Crippen LogP contribution is 2.24. The third-order valence-electron chi connectivity index (χ3n) is 5.16. The average molecular weight is 439 g/mol. The number of allylic oxidation sites excluding steroid dienone is 1. The van der Waals surface area contributed by atoms with Gasteiger partial charge in [-0.25, -0.2) is 0 Å². The number of hydrogen-bond donors (Lipinski definition) is 5. The molecule has 1 heterocycles. The Bertz CT molecular complexity index is 997. The SMILES string of the molecule is C/C(N)=C(\NC(=O)C1CCCCC1)C(=N)C(N)=O.Cc1cc(-c2ccc(C=O)cc2)n[nH]1. The minimum absolute atomic E-state index is 0.0260. The summed E-state index contributed by atoms with van der Waals surface area (Å²) >= 11 is 0. The Morgan fingerprint density at radius 1 is 1.16 bits per heavy atom. The molecule has 0 saturated heterocycles. The molecule has 1 aliphatic rings. The van der Waals surface area contributed by atoms with Crippen molar-refractivity contribution in [2.45, 2.75) is 46.0 Å². The van der Waals surface area contributed by atoms with E-state index >= 15 is 0 Å². The molecule has 0 atom stereocenters. The highest BCUT2D eigenvalue weighted by atomic mass is 16.2. The third kappa shape index (κ3) is 6.90. The van der Waals surface area contributed by atoms with Gasteiger partial charge in [-0.15, -0.1) is 0 Å². The number of nitrogens with zero attached hydrogens (tertiary/aromatic N) is 1. The van der Waals surface area contributed by atoms with Crippen LogP contribution in [0, 0.1) is 18.3 Å². The Labute approximate surface area is 187 Å². The van der Waals surface area contributed by atoms with Gasteiger partial charge in [0.25, 0.3) is 5.91 Å². The smallest absolute Gasteiger partial charge is 0.268 e. The molecule has 0 spiro atoms. The molecule has 9 heteroatoms. The zero-order chi connectivity index (χ0) is 23.7. The number of rotatable bonds is 6. The van der Waals surface area contributed by atoms with E-state index in [4.69, 9.17) is 16.9 Å². The van der Waals surface area contributed by atoms with Crippen LogP contribution in [0.15, 0.2) is 41.7 Å². The molecule has 9 nitrogen and oxygen atoms in total. The molecule has 1 aliphatic carbocycles. The van der Waals surface area contributed by atoms with Gasteiger partial charge in [-0.1, -0.05) is 43.5 Å². The van der Waals surface area contributed by atoms with Crippen LogP contribution < -0.4 is 16.8 Å². The quantitative estimate of drug-likeness (QED) is 0.344. The summed E-state index contributed by atoms with van der Waals surface area (Å²) < 4.78 is 0. The number of amides is 2. The Kier molecular flexibility index (Phi) is 8.88. The van der Waals surface area contributed by atoms with E-state index in [1.807, 2.05) is 25.1 Å².